The fraction of sp³-hybridized carbons (Fsp3) is 0.115. The van der Waals surface area contributed by atoms with Gasteiger partial charge in [-0.05, 0) is 11.6 Å². The molecule has 0 atom stereocenters. The highest BCUT2D eigenvalue weighted by Gasteiger charge is 2.30. The minimum atomic E-state index is -1.01. The van der Waals surface area contributed by atoms with E-state index in [4.69, 9.17) is 4.74 Å². The Balaban J connectivity index is 1.99. The van der Waals surface area contributed by atoms with Crippen LogP contribution >= 0.6 is 0 Å². The molecule has 3 aromatic rings. The van der Waals surface area contributed by atoms with Crippen molar-refractivity contribution in [2.24, 2.45) is 5.92 Å². The topological polar surface area (TPSA) is 60.4 Å². The summed E-state index contributed by atoms with van der Waals surface area (Å²) in [5.74, 6) is -1.86. The second-order valence-electron chi connectivity index (χ2n) is 6.83. The number of ketones is 2. The van der Waals surface area contributed by atoms with Crippen molar-refractivity contribution in [3.8, 4) is 0 Å². The van der Waals surface area contributed by atoms with Gasteiger partial charge >= 0.3 is 5.97 Å². The largest absolute Gasteiger partial charge is 0.431 e. The summed E-state index contributed by atoms with van der Waals surface area (Å²) >= 11 is 0. The maximum Gasteiger partial charge on any atom is 0.307 e. The fourth-order valence-corrected chi connectivity index (χ4v) is 3.16. The molecule has 3 aromatic carbocycles. The average molecular weight is 398 g/mol. The van der Waals surface area contributed by atoms with Crippen molar-refractivity contribution in [3.05, 3.63) is 113 Å². The second-order valence-corrected chi connectivity index (χ2v) is 6.83. The zero-order valence-electron chi connectivity index (χ0n) is 16.7. The van der Waals surface area contributed by atoms with E-state index < -0.39 is 11.9 Å². The first kappa shape index (κ1) is 20.9. The molecule has 4 nitrogen and oxygen atoms in total. The van der Waals surface area contributed by atoms with Crippen molar-refractivity contribution in [1.29, 1.82) is 0 Å². The first-order valence-corrected chi connectivity index (χ1v) is 9.67. The van der Waals surface area contributed by atoms with Crippen LogP contribution in [0.15, 0.2) is 96.8 Å². The number of hydrogen-bond donors (Lipinski definition) is 0. The van der Waals surface area contributed by atoms with Gasteiger partial charge < -0.3 is 4.74 Å². The van der Waals surface area contributed by atoms with Crippen molar-refractivity contribution in [2.45, 2.75) is 13.3 Å². The Bertz CT molecular complexity index is 987. The van der Waals surface area contributed by atoms with E-state index in [0.29, 0.717) is 11.1 Å². The SMILES string of the molecule is CC(=O)O/C(=C\c1ccccc1)CC(C(=O)c1ccccc1)C(=O)c1ccccc1. The number of allylic oxidation sites excluding steroid dienone is 1. The summed E-state index contributed by atoms with van der Waals surface area (Å²) in [7, 11) is 0. The molecule has 0 saturated heterocycles. The summed E-state index contributed by atoms with van der Waals surface area (Å²) in [4.78, 5) is 38.2. The van der Waals surface area contributed by atoms with E-state index in [0.717, 1.165) is 5.56 Å². The number of esters is 1. The summed E-state index contributed by atoms with van der Waals surface area (Å²) in [6.45, 7) is 1.30. The highest BCUT2D eigenvalue weighted by atomic mass is 16.5. The Kier molecular flexibility index (Phi) is 7.06. The normalized spacial score (nSPS) is 11.2. The molecule has 0 unspecified atom stereocenters. The minimum absolute atomic E-state index is 0.0179. The fourth-order valence-electron chi connectivity index (χ4n) is 3.16. The number of hydrogen-bond acceptors (Lipinski definition) is 4. The van der Waals surface area contributed by atoms with Gasteiger partial charge in [-0.1, -0.05) is 91.0 Å². The molecule has 30 heavy (non-hydrogen) atoms. The van der Waals surface area contributed by atoms with Gasteiger partial charge in [0.05, 0.1) is 5.92 Å². The molecule has 150 valence electrons. The van der Waals surface area contributed by atoms with Crippen LogP contribution in [0.25, 0.3) is 6.08 Å². The molecule has 0 bridgehead atoms. The van der Waals surface area contributed by atoms with Gasteiger partial charge in [0, 0.05) is 24.5 Å². The molecule has 0 fully saturated rings. The Hall–Kier alpha value is -3.79. The van der Waals surface area contributed by atoms with Crippen LogP contribution in [-0.2, 0) is 9.53 Å². The summed E-state index contributed by atoms with van der Waals surface area (Å²) in [6.07, 6.45) is 1.67. The molecule has 4 heteroatoms. The van der Waals surface area contributed by atoms with Crippen LogP contribution < -0.4 is 0 Å². The third kappa shape index (κ3) is 5.61. The van der Waals surface area contributed by atoms with Gasteiger partial charge in [0.25, 0.3) is 0 Å². The zero-order chi connectivity index (χ0) is 21.3. The molecule has 0 amide bonds. The van der Waals surface area contributed by atoms with Crippen molar-refractivity contribution in [1.82, 2.24) is 0 Å². The summed E-state index contributed by atoms with van der Waals surface area (Å²) in [5, 5.41) is 0. The van der Waals surface area contributed by atoms with E-state index in [2.05, 4.69) is 0 Å². The van der Waals surface area contributed by atoms with Gasteiger partial charge in [0.15, 0.2) is 11.6 Å². The molecule has 3 rings (SSSR count). The lowest BCUT2D eigenvalue weighted by Gasteiger charge is -2.17. The number of carbonyl (C=O) groups is 3. The summed E-state index contributed by atoms with van der Waals surface area (Å²) in [5.41, 5.74) is 1.69. The number of carbonyl (C=O) groups excluding carboxylic acids is 3. The third-order valence-corrected chi connectivity index (χ3v) is 4.56. The van der Waals surface area contributed by atoms with Crippen LogP contribution in [0.1, 0.15) is 39.6 Å². The van der Waals surface area contributed by atoms with Crippen LogP contribution in [0.3, 0.4) is 0 Å². The number of ether oxygens (including phenoxy) is 1. The van der Waals surface area contributed by atoms with Crippen molar-refractivity contribution >= 4 is 23.6 Å². The van der Waals surface area contributed by atoms with Crippen LogP contribution in [0.5, 0.6) is 0 Å². The highest BCUT2D eigenvalue weighted by molar-refractivity contribution is 6.16. The lowest BCUT2D eigenvalue weighted by molar-refractivity contribution is -0.137. The van der Waals surface area contributed by atoms with Gasteiger partial charge in [0.1, 0.15) is 5.76 Å². The number of benzene rings is 3. The van der Waals surface area contributed by atoms with E-state index in [9.17, 15) is 14.4 Å². The molecule has 0 aliphatic carbocycles. The number of Topliss-reactive ketones (excluding diaryl/α,β-unsaturated/α-hetero) is 2. The summed E-state index contributed by atoms with van der Waals surface area (Å²) in [6, 6.07) is 26.7. The zero-order valence-corrected chi connectivity index (χ0v) is 16.7. The molecule has 0 heterocycles. The Morgan fingerprint density at radius 2 is 1.17 bits per heavy atom. The first-order chi connectivity index (χ1) is 14.5. The van der Waals surface area contributed by atoms with Crippen LogP contribution in [-0.4, -0.2) is 17.5 Å². The molecular formula is C26H22O4. The maximum absolute atomic E-state index is 13.2. The predicted molar refractivity (Wildman–Crippen MR) is 116 cm³/mol. The van der Waals surface area contributed by atoms with Crippen LogP contribution in [0.4, 0.5) is 0 Å². The maximum atomic E-state index is 13.2. The van der Waals surface area contributed by atoms with Gasteiger partial charge in [-0.2, -0.15) is 0 Å². The molecule has 0 saturated carbocycles. The minimum Gasteiger partial charge on any atom is -0.431 e. The van der Waals surface area contributed by atoms with Crippen LogP contribution in [0.2, 0.25) is 0 Å². The van der Waals surface area contributed by atoms with Gasteiger partial charge in [-0.25, -0.2) is 0 Å². The molecule has 0 aliphatic heterocycles. The van der Waals surface area contributed by atoms with E-state index in [-0.39, 0.29) is 23.7 Å². The Morgan fingerprint density at radius 1 is 0.733 bits per heavy atom. The molecule has 0 radical (unpaired) electrons. The summed E-state index contributed by atoms with van der Waals surface area (Å²) < 4.78 is 5.37. The first-order valence-electron chi connectivity index (χ1n) is 9.67. The monoisotopic (exact) mass is 398 g/mol. The lowest BCUT2D eigenvalue weighted by Crippen LogP contribution is -2.26. The van der Waals surface area contributed by atoms with Gasteiger partial charge in [-0.3, -0.25) is 14.4 Å². The molecule has 0 aromatic heterocycles. The molecular weight excluding hydrogens is 376 g/mol. The van der Waals surface area contributed by atoms with E-state index >= 15 is 0 Å². The van der Waals surface area contributed by atoms with Gasteiger partial charge in [0.2, 0.25) is 0 Å². The van der Waals surface area contributed by atoms with E-state index in [1.165, 1.54) is 6.92 Å². The quantitative estimate of drug-likeness (QED) is 0.222. The molecule has 0 spiro atoms. The van der Waals surface area contributed by atoms with E-state index in [1.54, 1.807) is 54.6 Å². The lowest BCUT2D eigenvalue weighted by atomic mass is 9.86. The van der Waals surface area contributed by atoms with Gasteiger partial charge in [-0.15, -0.1) is 0 Å². The predicted octanol–water partition coefficient (Wildman–Crippen LogP) is 5.36. The average Bonchev–Trinajstić information content (AvgIpc) is 2.78. The van der Waals surface area contributed by atoms with E-state index in [1.807, 2.05) is 42.5 Å². The standard InChI is InChI=1S/C26H22O4/c1-19(27)30-23(17-20-11-5-2-6-12-20)18-24(25(28)21-13-7-3-8-14-21)26(29)22-15-9-4-10-16-22/h2-17,24H,18H2,1H3/b23-17-. The highest BCUT2D eigenvalue weighted by Crippen LogP contribution is 2.24. The Labute approximate surface area is 175 Å². The van der Waals surface area contributed by atoms with Crippen molar-refractivity contribution < 1.29 is 19.1 Å². The third-order valence-electron chi connectivity index (χ3n) is 4.56. The molecule has 0 aliphatic rings. The Morgan fingerprint density at radius 3 is 1.60 bits per heavy atom. The van der Waals surface area contributed by atoms with Crippen molar-refractivity contribution in [2.75, 3.05) is 0 Å². The smallest absolute Gasteiger partial charge is 0.307 e. The molecule has 0 N–H and O–H groups in total. The second kappa shape index (κ2) is 10.1. The van der Waals surface area contributed by atoms with Crippen molar-refractivity contribution in [3.63, 3.8) is 0 Å². The van der Waals surface area contributed by atoms with Crippen LogP contribution in [0, 0.1) is 5.92 Å². The number of rotatable bonds is 8.